The van der Waals surface area contributed by atoms with Crippen LogP contribution in [0.15, 0.2) is 6.07 Å². The summed E-state index contributed by atoms with van der Waals surface area (Å²) in [5.74, 6) is 1.41. The molecule has 1 aromatic rings. The minimum atomic E-state index is 0.379. The molecule has 1 saturated heterocycles. The number of anilines is 1. The highest BCUT2D eigenvalue weighted by Crippen LogP contribution is 2.18. The predicted octanol–water partition coefficient (Wildman–Crippen LogP) is 2.56. The molecule has 1 fully saturated rings. The van der Waals surface area contributed by atoms with Gasteiger partial charge in [-0.3, -0.25) is 0 Å². The molecular formula is C14H23ClN4O. The van der Waals surface area contributed by atoms with E-state index in [4.69, 9.17) is 16.3 Å². The molecule has 0 amide bonds. The Morgan fingerprint density at radius 1 is 1.40 bits per heavy atom. The molecule has 0 aromatic carbocycles. The van der Waals surface area contributed by atoms with Gasteiger partial charge in [-0.1, -0.05) is 18.5 Å². The first-order valence-electron chi connectivity index (χ1n) is 7.22. The summed E-state index contributed by atoms with van der Waals surface area (Å²) in [4.78, 5) is 11.1. The van der Waals surface area contributed by atoms with Crippen molar-refractivity contribution in [1.82, 2.24) is 14.9 Å². The fourth-order valence-corrected chi connectivity index (χ4v) is 2.76. The van der Waals surface area contributed by atoms with Gasteiger partial charge in [0.1, 0.15) is 17.6 Å². The van der Waals surface area contributed by atoms with Crippen molar-refractivity contribution >= 4 is 17.4 Å². The lowest BCUT2D eigenvalue weighted by Gasteiger charge is -2.32. The number of piperidine rings is 1. The third-order valence-electron chi connectivity index (χ3n) is 3.49. The zero-order valence-corrected chi connectivity index (χ0v) is 13.0. The molecule has 20 heavy (non-hydrogen) atoms. The largest absolute Gasteiger partial charge is 0.377 e. The van der Waals surface area contributed by atoms with Crippen molar-refractivity contribution < 1.29 is 4.74 Å². The highest BCUT2D eigenvalue weighted by Gasteiger charge is 2.19. The molecule has 2 heterocycles. The monoisotopic (exact) mass is 298 g/mol. The highest BCUT2D eigenvalue weighted by atomic mass is 35.5. The molecule has 0 saturated carbocycles. The van der Waals surface area contributed by atoms with Crippen LogP contribution >= 0.6 is 11.6 Å². The Balaban J connectivity index is 1.90. The molecule has 0 bridgehead atoms. The van der Waals surface area contributed by atoms with E-state index in [0.29, 0.717) is 23.6 Å². The molecule has 0 radical (unpaired) electrons. The van der Waals surface area contributed by atoms with Crippen molar-refractivity contribution in [1.29, 1.82) is 0 Å². The lowest BCUT2D eigenvalue weighted by molar-refractivity contribution is 0.178. The molecule has 5 nitrogen and oxygen atoms in total. The summed E-state index contributed by atoms with van der Waals surface area (Å²) >= 11 is 6.01. The molecular weight excluding hydrogens is 276 g/mol. The van der Waals surface area contributed by atoms with Crippen LogP contribution in [0.5, 0.6) is 0 Å². The summed E-state index contributed by atoms with van der Waals surface area (Å²) < 4.78 is 5.05. The first-order valence-corrected chi connectivity index (χ1v) is 7.60. The van der Waals surface area contributed by atoms with Crippen LogP contribution in [0, 0.1) is 0 Å². The van der Waals surface area contributed by atoms with E-state index in [-0.39, 0.29) is 0 Å². The molecule has 1 aliphatic rings. The second-order valence-electron chi connectivity index (χ2n) is 5.19. The van der Waals surface area contributed by atoms with Crippen LogP contribution in [0.1, 0.15) is 32.0 Å². The summed E-state index contributed by atoms with van der Waals surface area (Å²) in [5.41, 5.74) is 0. The normalized spacial score (nSPS) is 17.4. The standard InChI is InChI=1S/C14H23ClN4O/c1-3-6-19-7-4-11(5-8-19)16-13-9-12(15)17-14(18-13)10-20-2/h9,11H,3-8,10H2,1-2H3,(H,16,17,18). The zero-order chi connectivity index (χ0) is 14.4. The first kappa shape index (κ1) is 15.5. The number of aromatic nitrogens is 2. The van der Waals surface area contributed by atoms with E-state index in [0.717, 1.165) is 31.7 Å². The van der Waals surface area contributed by atoms with Crippen LogP contribution in [0.4, 0.5) is 5.82 Å². The molecule has 1 aliphatic heterocycles. The smallest absolute Gasteiger partial charge is 0.158 e. The topological polar surface area (TPSA) is 50.3 Å². The summed E-state index contributed by atoms with van der Waals surface area (Å²) in [6.45, 7) is 6.10. The Hall–Kier alpha value is -0.910. The van der Waals surface area contributed by atoms with Gasteiger partial charge >= 0.3 is 0 Å². The van der Waals surface area contributed by atoms with Gasteiger partial charge in [-0.05, 0) is 25.8 Å². The number of likely N-dealkylation sites (tertiary alicyclic amines) is 1. The number of hydrogen-bond donors (Lipinski definition) is 1. The first-order chi connectivity index (χ1) is 9.71. The number of hydrogen-bond acceptors (Lipinski definition) is 5. The van der Waals surface area contributed by atoms with Gasteiger partial charge in [-0.25, -0.2) is 9.97 Å². The van der Waals surface area contributed by atoms with E-state index < -0.39 is 0 Å². The maximum atomic E-state index is 6.01. The third-order valence-corrected chi connectivity index (χ3v) is 3.69. The number of methoxy groups -OCH3 is 1. The summed E-state index contributed by atoms with van der Waals surface area (Å²) in [6, 6.07) is 2.24. The van der Waals surface area contributed by atoms with Gasteiger partial charge in [0.05, 0.1) is 0 Å². The maximum absolute atomic E-state index is 6.01. The molecule has 1 aromatic heterocycles. The van der Waals surface area contributed by atoms with Gasteiger partial charge in [0.25, 0.3) is 0 Å². The molecule has 0 unspecified atom stereocenters. The third kappa shape index (κ3) is 4.58. The van der Waals surface area contributed by atoms with Gasteiger partial charge in [-0.2, -0.15) is 0 Å². The molecule has 0 aliphatic carbocycles. The van der Waals surface area contributed by atoms with Crippen LogP contribution in [-0.2, 0) is 11.3 Å². The number of halogens is 1. The average Bonchev–Trinajstić information content (AvgIpc) is 2.41. The van der Waals surface area contributed by atoms with Crippen LogP contribution in [0.25, 0.3) is 0 Å². The molecule has 0 spiro atoms. The molecule has 112 valence electrons. The summed E-state index contributed by atoms with van der Waals surface area (Å²) in [7, 11) is 1.63. The van der Waals surface area contributed by atoms with E-state index in [1.165, 1.54) is 13.0 Å². The van der Waals surface area contributed by atoms with Crippen molar-refractivity contribution in [3.63, 3.8) is 0 Å². The van der Waals surface area contributed by atoms with Gasteiger partial charge in [-0.15, -0.1) is 0 Å². The van der Waals surface area contributed by atoms with Gasteiger partial charge in [0.15, 0.2) is 5.82 Å². The van der Waals surface area contributed by atoms with Crippen molar-refractivity contribution in [2.24, 2.45) is 0 Å². The lowest BCUT2D eigenvalue weighted by Crippen LogP contribution is -2.39. The minimum absolute atomic E-state index is 0.379. The quantitative estimate of drug-likeness (QED) is 0.818. The van der Waals surface area contributed by atoms with Crippen LogP contribution in [-0.4, -0.2) is 47.7 Å². The van der Waals surface area contributed by atoms with E-state index in [9.17, 15) is 0 Å². The van der Waals surface area contributed by atoms with E-state index in [1.54, 1.807) is 13.2 Å². The lowest BCUT2D eigenvalue weighted by atomic mass is 10.0. The number of rotatable bonds is 6. The van der Waals surface area contributed by atoms with Crippen molar-refractivity contribution in [3.05, 3.63) is 17.0 Å². The van der Waals surface area contributed by atoms with E-state index in [1.807, 2.05) is 0 Å². The maximum Gasteiger partial charge on any atom is 0.158 e. The molecule has 6 heteroatoms. The van der Waals surface area contributed by atoms with Gasteiger partial charge in [0, 0.05) is 32.3 Å². The highest BCUT2D eigenvalue weighted by molar-refractivity contribution is 6.29. The SMILES string of the molecule is CCCN1CCC(Nc2cc(Cl)nc(COC)n2)CC1. The fraction of sp³-hybridized carbons (Fsp3) is 0.714. The zero-order valence-electron chi connectivity index (χ0n) is 12.2. The van der Waals surface area contributed by atoms with Crippen LogP contribution in [0.2, 0.25) is 5.15 Å². The Morgan fingerprint density at radius 3 is 2.80 bits per heavy atom. The van der Waals surface area contributed by atoms with Gasteiger partial charge < -0.3 is 15.0 Å². The Labute approximate surface area is 125 Å². The number of nitrogens with zero attached hydrogens (tertiary/aromatic N) is 3. The fourth-order valence-electron chi connectivity index (χ4n) is 2.56. The number of ether oxygens (including phenoxy) is 1. The Bertz CT molecular complexity index is 422. The van der Waals surface area contributed by atoms with Crippen LogP contribution in [0.3, 0.4) is 0 Å². The van der Waals surface area contributed by atoms with Crippen molar-refractivity contribution in [2.45, 2.75) is 38.8 Å². The van der Waals surface area contributed by atoms with Crippen molar-refractivity contribution in [2.75, 3.05) is 32.1 Å². The molecule has 2 rings (SSSR count). The van der Waals surface area contributed by atoms with Gasteiger partial charge in [0.2, 0.25) is 0 Å². The average molecular weight is 299 g/mol. The molecule has 0 atom stereocenters. The predicted molar refractivity (Wildman–Crippen MR) is 81.1 cm³/mol. The number of nitrogens with one attached hydrogen (secondary N) is 1. The minimum Gasteiger partial charge on any atom is -0.377 e. The second kappa shape index (κ2) is 7.76. The Morgan fingerprint density at radius 2 is 2.15 bits per heavy atom. The van der Waals surface area contributed by atoms with E-state index >= 15 is 0 Å². The van der Waals surface area contributed by atoms with Crippen molar-refractivity contribution in [3.8, 4) is 0 Å². The van der Waals surface area contributed by atoms with E-state index in [2.05, 4.69) is 27.1 Å². The van der Waals surface area contributed by atoms with Crippen LogP contribution < -0.4 is 5.32 Å². The summed E-state index contributed by atoms with van der Waals surface area (Å²) in [6.07, 6.45) is 3.50. The molecule has 1 N–H and O–H groups in total. The Kier molecular flexibility index (Phi) is 6.01. The second-order valence-corrected chi connectivity index (χ2v) is 5.57. The summed E-state index contributed by atoms with van der Waals surface area (Å²) in [5, 5.41) is 3.92.